The van der Waals surface area contributed by atoms with E-state index in [1.807, 2.05) is 48.2 Å². The zero-order valence-corrected chi connectivity index (χ0v) is 13.0. The second-order valence-corrected chi connectivity index (χ2v) is 5.67. The number of thiocarbonyl (C=S) groups is 1. The maximum Gasteiger partial charge on any atom is 0.253 e. The molecule has 0 bridgehead atoms. The first-order valence-electron chi connectivity index (χ1n) is 6.53. The highest BCUT2D eigenvalue weighted by molar-refractivity contribution is 7.81. The molecular formula is C16H13ClN2OS. The molecule has 5 heteroatoms. The number of benzene rings is 2. The van der Waals surface area contributed by atoms with Crippen molar-refractivity contribution in [1.82, 2.24) is 0 Å². The van der Waals surface area contributed by atoms with E-state index in [1.165, 1.54) is 0 Å². The van der Waals surface area contributed by atoms with Crippen LogP contribution in [0.3, 0.4) is 0 Å². The number of carbonyl (C=O) groups excluding carboxylic acids is 1. The van der Waals surface area contributed by atoms with E-state index in [2.05, 4.69) is 0 Å². The summed E-state index contributed by atoms with van der Waals surface area (Å²) in [6.45, 7) is 2.18. The fraction of sp³-hybridized carbons (Fsp3) is 0.125. The lowest BCUT2D eigenvalue weighted by atomic mass is 10.2. The monoisotopic (exact) mass is 316 g/mol. The van der Waals surface area contributed by atoms with Crippen molar-refractivity contribution in [2.24, 2.45) is 0 Å². The summed E-state index contributed by atoms with van der Waals surface area (Å²) in [5.74, 6) is -0.0470. The molecule has 3 nitrogen and oxygen atoms in total. The summed E-state index contributed by atoms with van der Waals surface area (Å²) in [6.07, 6.45) is 0. The number of hydrogen-bond donors (Lipinski definition) is 0. The molecule has 21 heavy (non-hydrogen) atoms. The van der Waals surface area contributed by atoms with Crippen molar-refractivity contribution in [3.63, 3.8) is 0 Å². The molecule has 3 rings (SSSR count). The van der Waals surface area contributed by atoms with Crippen LogP contribution in [-0.4, -0.2) is 17.6 Å². The molecule has 2 aromatic carbocycles. The summed E-state index contributed by atoms with van der Waals surface area (Å²) in [5, 5.41) is 1.07. The van der Waals surface area contributed by atoms with E-state index in [9.17, 15) is 4.79 Å². The van der Waals surface area contributed by atoms with E-state index in [0.29, 0.717) is 10.1 Å². The van der Waals surface area contributed by atoms with E-state index >= 15 is 0 Å². The fourth-order valence-electron chi connectivity index (χ4n) is 2.37. The van der Waals surface area contributed by atoms with Crippen LogP contribution < -0.4 is 9.80 Å². The lowest BCUT2D eigenvalue weighted by molar-refractivity contribution is -0.115. The van der Waals surface area contributed by atoms with Gasteiger partial charge in [0.25, 0.3) is 5.91 Å². The first-order chi connectivity index (χ1) is 10.1. The van der Waals surface area contributed by atoms with Crippen LogP contribution in [0.25, 0.3) is 0 Å². The molecule has 0 aliphatic carbocycles. The van der Waals surface area contributed by atoms with Crippen molar-refractivity contribution in [3.05, 3.63) is 59.1 Å². The Hall–Kier alpha value is -1.91. The molecule has 0 aromatic heterocycles. The second-order valence-electron chi connectivity index (χ2n) is 4.86. The van der Waals surface area contributed by atoms with E-state index in [-0.39, 0.29) is 12.5 Å². The third kappa shape index (κ3) is 2.52. The number of rotatable bonds is 2. The molecule has 2 aromatic rings. The maximum atomic E-state index is 12.4. The van der Waals surface area contributed by atoms with Crippen molar-refractivity contribution >= 4 is 46.2 Å². The molecule has 1 saturated heterocycles. The summed E-state index contributed by atoms with van der Waals surface area (Å²) < 4.78 is 0. The number of carbonyl (C=O) groups is 1. The summed E-state index contributed by atoms with van der Waals surface area (Å²) in [7, 11) is 0. The SMILES string of the molecule is Cc1ccc(Cl)cc1N1C(=O)CN(c2ccccc2)C1=S. The minimum absolute atomic E-state index is 0.0470. The summed E-state index contributed by atoms with van der Waals surface area (Å²) in [4.78, 5) is 15.8. The van der Waals surface area contributed by atoms with Gasteiger partial charge in [-0.3, -0.25) is 9.69 Å². The van der Waals surface area contributed by atoms with Gasteiger partial charge in [0.2, 0.25) is 0 Å². The molecule has 0 atom stereocenters. The lowest BCUT2D eigenvalue weighted by Crippen LogP contribution is -2.33. The van der Waals surface area contributed by atoms with Gasteiger partial charge in [-0.2, -0.15) is 0 Å². The van der Waals surface area contributed by atoms with Gasteiger partial charge in [-0.15, -0.1) is 0 Å². The number of anilines is 2. The molecule has 106 valence electrons. The van der Waals surface area contributed by atoms with E-state index in [1.54, 1.807) is 17.0 Å². The molecule has 0 N–H and O–H groups in total. The normalized spacial score (nSPS) is 15.0. The van der Waals surface area contributed by atoms with Gasteiger partial charge in [-0.1, -0.05) is 35.9 Å². The molecule has 0 saturated carbocycles. The molecule has 1 fully saturated rings. The number of hydrogen-bond acceptors (Lipinski definition) is 2. The topological polar surface area (TPSA) is 23.6 Å². The predicted molar refractivity (Wildman–Crippen MR) is 90.1 cm³/mol. The Morgan fingerprint density at radius 3 is 2.57 bits per heavy atom. The third-order valence-corrected chi connectivity index (χ3v) is 4.08. The minimum atomic E-state index is -0.0470. The van der Waals surface area contributed by atoms with Crippen molar-refractivity contribution in [3.8, 4) is 0 Å². The predicted octanol–water partition coefficient (Wildman–Crippen LogP) is 3.79. The highest BCUT2D eigenvalue weighted by Crippen LogP contribution is 2.30. The Morgan fingerprint density at radius 1 is 1.14 bits per heavy atom. The number of aryl methyl sites for hydroxylation is 1. The molecule has 0 unspecified atom stereocenters. The Bertz CT molecular complexity index is 717. The Morgan fingerprint density at radius 2 is 1.86 bits per heavy atom. The third-order valence-electron chi connectivity index (χ3n) is 3.44. The average molecular weight is 317 g/mol. The second kappa shape index (κ2) is 5.47. The van der Waals surface area contributed by atoms with Gasteiger partial charge in [0.05, 0.1) is 5.69 Å². The summed E-state index contributed by atoms with van der Waals surface area (Å²) >= 11 is 11.5. The van der Waals surface area contributed by atoms with Gasteiger partial charge in [-0.05, 0) is 49.0 Å². The summed E-state index contributed by atoms with van der Waals surface area (Å²) in [6, 6.07) is 15.1. The number of para-hydroxylation sites is 1. The van der Waals surface area contributed by atoms with Crippen LogP contribution in [0.5, 0.6) is 0 Å². The van der Waals surface area contributed by atoms with Crippen molar-refractivity contribution < 1.29 is 4.79 Å². The highest BCUT2D eigenvalue weighted by Gasteiger charge is 2.35. The quantitative estimate of drug-likeness (QED) is 0.788. The number of amides is 1. The smallest absolute Gasteiger partial charge is 0.253 e. The Labute approximate surface area is 133 Å². The van der Waals surface area contributed by atoms with Gasteiger partial charge in [0, 0.05) is 10.7 Å². The van der Waals surface area contributed by atoms with Crippen LogP contribution in [0.4, 0.5) is 11.4 Å². The van der Waals surface area contributed by atoms with E-state index in [0.717, 1.165) is 16.9 Å². The van der Waals surface area contributed by atoms with E-state index < -0.39 is 0 Å². The molecule has 0 radical (unpaired) electrons. The van der Waals surface area contributed by atoms with Crippen LogP contribution in [0, 0.1) is 6.92 Å². The minimum Gasteiger partial charge on any atom is -0.309 e. The number of halogens is 1. The average Bonchev–Trinajstić information content (AvgIpc) is 2.78. The maximum absolute atomic E-state index is 12.4. The fourth-order valence-corrected chi connectivity index (χ4v) is 2.91. The first kappa shape index (κ1) is 14.0. The molecule has 0 spiro atoms. The zero-order chi connectivity index (χ0) is 15.0. The van der Waals surface area contributed by atoms with Gasteiger partial charge < -0.3 is 4.90 Å². The molecule has 1 aliphatic rings. The van der Waals surface area contributed by atoms with Gasteiger partial charge in [0.1, 0.15) is 6.54 Å². The van der Waals surface area contributed by atoms with Gasteiger partial charge >= 0.3 is 0 Å². The van der Waals surface area contributed by atoms with Crippen LogP contribution in [0.15, 0.2) is 48.5 Å². The van der Waals surface area contributed by atoms with Crippen molar-refractivity contribution in [2.45, 2.75) is 6.92 Å². The van der Waals surface area contributed by atoms with Crippen LogP contribution in [0.2, 0.25) is 5.02 Å². The highest BCUT2D eigenvalue weighted by atomic mass is 35.5. The Balaban J connectivity index is 2.00. The molecule has 1 heterocycles. The van der Waals surface area contributed by atoms with Crippen LogP contribution in [0.1, 0.15) is 5.56 Å². The molecular weight excluding hydrogens is 304 g/mol. The standard InChI is InChI=1S/C16H13ClN2OS/c1-11-7-8-12(17)9-14(11)19-15(20)10-18(16(19)21)13-5-3-2-4-6-13/h2-9H,10H2,1H3. The lowest BCUT2D eigenvalue weighted by Gasteiger charge is -2.21. The van der Waals surface area contributed by atoms with Gasteiger partial charge in [-0.25, -0.2) is 0 Å². The van der Waals surface area contributed by atoms with Crippen LogP contribution >= 0.6 is 23.8 Å². The van der Waals surface area contributed by atoms with E-state index in [4.69, 9.17) is 23.8 Å². The molecule has 1 amide bonds. The van der Waals surface area contributed by atoms with Gasteiger partial charge in [0.15, 0.2) is 5.11 Å². The largest absolute Gasteiger partial charge is 0.309 e. The summed E-state index contributed by atoms with van der Waals surface area (Å²) in [5.41, 5.74) is 2.62. The van der Waals surface area contributed by atoms with Crippen LogP contribution in [-0.2, 0) is 4.79 Å². The van der Waals surface area contributed by atoms with Crippen molar-refractivity contribution in [1.29, 1.82) is 0 Å². The van der Waals surface area contributed by atoms with Crippen molar-refractivity contribution in [2.75, 3.05) is 16.3 Å². The Kier molecular flexibility index (Phi) is 3.66. The zero-order valence-electron chi connectivity index (χ0n) is 11.4. The first-order valence-corrected chi connectivity index (χ1v) is 7.32. The molecule has 1 aliphatic heterocycles. The number of nitrogens with zero attached hydrogens (tertiary/aromatic N) is 2.